The summed E-state index contributed by atoms with van der Waals surface area (Å²) >= 11 is 7.51. The maximum absolute atomic E-state index is 13.1. The summed E-state index contributed by atoms with van der Waals surface area (Å²) in [5.41, 5.74) is 2.15. The van der Waals surface area contributed by atoms with E-state index in [9.17, 15) is 14.4 Å². The molecule has 36 heavy (non-hydrogen) atoms. The summed E-state index contributed by atoms with van der Waals surface area (Å²) in [6.07, 6.45) is 4.86. The number of nitrogens with one attached hydrogen (secondary N) is 2. The van der Waals surface area contributed by atoms with Gasteiger partial charge >= 0.3 is 0 Å². The van der Waals surface area contributed by atoms with E-state index in [1.165, 1.54) is 6.08 Å². The van der Waals surface area contributed by atoms with Crippen LogP contribution >= 0.6 is 22.9 Å². The van der Waals surface area contributed by atoms with Gasteiger partial charge < -0.3 is 10.6 Å². The van der Waals surface area contributed by atoms with Crippen molar-refractivity contribution in [1.29, 1.82) is 0 Å². The van der Waals surface area contributed by atoms with E-state index in [-0.39, 0.29) is 11.5 Å². The minimum atomic E-state index is -0.508. The van der Waals surface area contributed by atoms with Crippen LogP contribution < -0.4 is 10.6 Å². The molecule has 0 aliphatic carbocycles. The molecular weight excluding hydrogens is 492 g/mol. The number of hydrogen-bond acceptors (Lipinski definition) is 4. The van der Waals surface area contributed by atoms with Crippen LogP contribution in [0.25, 0.3) is 12.2 Å². The summed E-state index contributed by atoms with van der Waals surface area (Å²) in [6, 6.07) is 25.9. The zero-order chi connectivity index (χ0) is 25.3. The molecule has 1 aromatic heterocycles. The Labute approximate surface area is 217 Å². The van der Waals surface area contributed by atoms with Gasteiger partial charge in [-0.25, -0.2) is 0 Å². The lowest BCUT2D eigenvalue weighted by Gasteiger charge is -2.12. The summed E-state index contributed by atoms with van der Waals surface area (Å²) in [6.45, 7) is 0. The number of amides is 2. The summed E-state index contributed by atoms with van der Waals surface area (Å²) < 4.78 is 0. The van der Waals surface area contributed by atoms with Gasteiger partial charge in [0.15, 0.2) is 5.78 Å². The first kappa shape index (κ1) is 24.9. The first-order valence-electron chi connectivity index (χ1n) is 11.0. The Balaban J connectivity index is 1.50. The lowest BCUT2D eigenvalue weighted by Crippen LogP contribution is -2.30. The molecule has 2 N–H and O–H groups in total. The first-order valence-corrected chi connectivity index (χ1v) is 12.2. The highest BCUT2D eigenvalue weighted by Gasteiger charge is 2.15. The zero-order valence-electron chi connectivity index (χ0n) is 19.0. The number of ketones is 1. The van der Waals surface area contributed by atoms with Crippen molar-refractivity contribution in [2.24, 2.45) is 0 Å². The third-order valence-corrected chi connectivity index (χ3v) is 6.17. The first-order chi connectivity index (χ1) is 17.5. The van der Waals surface area contributed by atoms with Gasteiger partial charge in [-0.05, 0) is 83.8 Å². The van der Waals surface area contributed by atoms with Crippen LogP contribution in [-0.4, -0.2) is 17.6 Å². The minimum absolute atomic E-state index is 0.0604. The Bertz CT molecular complexity index is 1410. The zero-order valence-corrected chi connectivity index (χ0v) is 20.6. The highest BCUT2D eigenvalue weighted by molar-refractivity contribution is 7.10. The average molecular weight is 513 g/mol. The molecule has 0 saturated heterocycles. The summed E-state index contributed by atoms with van der Waals surface area (Å²) in [5, 5.41) is 7.97. The molecule has 0 radical (unpaired) electrons. The van der Waals surface area contributed by atoms with Crippen molar-refractivity contribution >= 4 is 58.4 Å². The third-order valence-electron chi connectivity index (χ3n) is 5.08. The number of allylic oxidation sites excluding steroid dienone is 1. The number of halogens is 1. The van der Waals surface area contributed by atoms with Crippen molar-refractivity contribution in [3.63, 3.8) is 0 Å². The summed E-state index contributed by atoms with van der Waals surface area (Å²) in [4.78, 5) is 39.3. The van der Waals surface area contributed by atoms with E-state index in [1.54, 1.807) is 102 Å². The van der Waals surface area contributed by atoms with Crippen LogP contribution in [0.5, 0.6) is 0 Å². The molecule has 3 aromatic carbocycles. The second-order valence-corrected chi connectivity index (χ2v) is 9.09. The van der Waals surface area contributed by atoms with Gasteiger partial charge in [-0.1, -0.05) is 48.0 Å². The second kappa shape index (κ2) is 11.9. The number of rotatable bonds is 8. The normalized spacial score (nSPS) is 11.3. The van der Waals surface area contributed by atoms with Gasteiger partial charge in [-0.3, -0.25) is 14.4 Å². The van der Waals surface area contributed by atoms with E-state index in [4.69, 9.17) is 11.6 Å². The van der Waals surface area contributed by atoms with E-state index >= 15 is 0 Å². The van der Waals surface area contributed by atoms with E-state index < -0.39 is 11.8 Å². The van der Waals surface area contributed by atoms with Crippen molar-refractivity contribution in [3.8, 4) is 0 Å². The van der Waals surface area contributed by atoms with Crippen LogP contribution in [0.2, 0.25) is 5.02 Å². The molecule has 4 aromatic rings. The number of carbonyl (C=O) groups excluding carboxylic acids is 3. The SMILES string of the molecule is O=C(Nc1ccc(C(=O)/C=C/c2cccs2)cc1)/C(=C/c1ccc(Cl)cc1)NC(=O)c1ccccc1. The lowest BCUT2D eigenvalue weighted by atomic mass is 10.1. The van der Waals surface area contributed by atoms with E-state index in [0.717, 1.165) is 4.88 Å². The van der Waals surface area contributed by atoms with Crippen LogP contribution in [0.3, 0.4) is 0 Å². The van der Waals surface area contributed by atoms with Crippen molar-refractivity contribution in [2.75, 3.05) is 5.32 Å². The Hall–Kier alpha value is -4.26. The molecule has 178 valence electrons. The van der Waals surface area contributed by atoms with Crippen LogP contribution in [0.4, 0.5) is 5.69 Å². The molecule has 0 saturated carbocycles. The fourth-order valence-corrected chi connectivity index (χ4v) is 3.97. The van der Waals surface area contributed by atoms with Gasteiger partial charge in [0.2, 0.25) is 0 Å². The second-order valence-electron chi connectivity index (χ2n) is 7.67. The monoisotopic (exact) mass is 512 g/mol. The summed E-state index contributed by atoms with van der Waals surface area (Å²) in [7, 11) is 0. The minimum Gasteiger partial charge on any atom is -0.321 e. The standard InChI is InChI=1S/C29H21ClN2O3S/c30-23-12-8-20(9-13-23)19-26(32-28(34)22-5-2-1-3-6-22)29(35)31-24-14-10-21(11-15-24)27(33)17-16-25-7-4-18-36-25/h1-19H,(H,31,35)(H,32,34)/b17-16+,26-19-. The van der Waals surface area contributed by atoms with E-state index in [2.05, 4.69) is 10.6 Å². The predicted octanol–water partition coefficient (Wildman–Crippen LogP) is 6.71. The molecule has 0 spiro atoms. The Kier molecular flexibility index (Phi) is 8.24. The smallest absolute Gasteiger partial charge is 0.272 e. The van der Waals surface area contributed by atoms with Gasteiger partial charge in [-0.15, -0.1) is 11.3 Å². The van der Waals surface area contributed by atoms with Crippen molar-refractivity contribution in [3.05, 3.63) is 135 Å². The molecule has 0 fully saturated rings. The molecular formula is C29H21ClN2O3S. The number of benzene rings is 3. The van der Waals surface area contributed by atoms with Crippen molar-refractivity contribution < 1.29 is 14.4 Å². The molecule has 0 atom stereocenters. The van der Waals surface area contributed by atoms with Gasteiger partial charge in [0.25, 0.3) is 11.8 Å². The quantitative estimate of drug-likeness (QED) is 0.203. The van der Waals surface area contributed by atoms with Crippen LogP contribution in [0.1, 0.15) is 31.2 Å². The van der Waals surface area contributed by atoms with Crippen molar-refractivity contribution in [2.45, 2.75) is 0 Å². The molecule has 0 aliphatic rings. The van der Waals surface area contributed by atoms with Crippen LogP contribution in [0.15, 0.2) is 108 Å². The number of anilines is 1. The fraction of sp³-hybridized carbons (Fsp3) is 0. The molecule has 5 nitrogen and oxygen atoms in total. The Morgan fingerprint density at radius 3 is 2.17 bits per heavy atom. The number of thiophene rings is 1. The number of hydrogen-bond donors (Lipinski definition) is 2. The lowest BCUT2D eigenvalue weighted by molar-refractivity contribution is -0.113. The highest BCUT2D eigenvalue weighted by Crippen LogP contribution is 2.16. The molecule has 2 amide bonds. The maximum Gasteiger partial charge on any atom is 0.272 e. The molecule has 4 rings (SSSR count). The van der Waals surface area contributed by atoms with Crippen LogP contribution in [0, 0.1) is 0 Å². The maximum atomic E-state index is 13.1. The molecule has 7 heteroatoms. The van der Waals surface area contributed by atoms with Gasteiger partial charge in [0.1, 0.15) is 5.70 Å². The average Bonchev–Trinajstić information content (AvgIpc) is 3.43. The van der Waals surface area contributed by atoms with Crippen molar-refractivity contribution in [1.82, 2.24) is 5.32 Å². The van der Waals surface area contributed by atoms with Gasteiger partial charge in [-0.2, -0.15) is 0 Å². The molecule has 0 unspecified atom stereocenters. The van der Waals surface area contributed by atoms with Gasteiger partial charge in [0, 0.05) is 26.7 Å². The number of carbonyl (C=O) groups is 3. The Morgan fingerprint density at radius 2 is 1.50 bits per heavy atom. The van der Waals surface area contributed by atoms with E-state index in [0.29, 0.717) is 27.4 Å². The topological polar surface area (TPSA) is 75.3 Å². The summed E-state index contributed by atoms with van der Waals surface area (Å²) in [5.74, 6) is -1.06. The van der Waals surface area contributed by atoms with Crippen LogP contribution in [-0.2, 0) is 4.79 Å². The molecule has 0 bridgehead atoms. The highest BCUT2D eigenvalue weighted by atomic mass is 35.5. The largest absolute Gasteiger partial charge is 0.321 e. The van der Waals surface area contributed by atoms with Gasteiger partial charge in [0.05, 0.1) is 0 Å². The fourth-order valence-electron chi connectivity index (χ4n) is 3.22. The predicted molar refractivity (Wildman–Crippen MR) is 146 cm³/mol. The Morgan fingerprint density at radius 1 is 0.778 bits per heavy atom. The molecule has 0 aliphatic heterocycles. The third kappa shape index (κ3) is 6.88. The van der Waals surface area contributed by atoms with E-state index in [1.807, 2.05) is 17.5 Å². The molecule has 1 heterocycles.